The molecule has 2 atom stereocenters. The monoisotopic (exact) mass is 709 g/mol. The second kappa shape index (κ2) is 16.1. The number of pyridine rings is 1. The first-order chi connectivity index (χ1) is 23.9. The maximum absolute atomic E-state index is 12.7. The number of ether oxygens (including phenoxy) is 2. The first kappa shape index (κ1) is 36.3. The normalized spacial score (nSPS) is 13.2. The van der Waals surface area contributed by atoms with E-state index in [1.54, 1.807) is 18.2 Å². The van der Waals surface area contributed by atoms with Crippen molar-refractivity contribution in [2.24, 2.45) is 0 Å². The van der Waals surface area contributed by atoms with Gasteiger partial charge in [-0.15, -0.1) is 0 Å². The fourth-order valence-corrected chi connectivity index (χ4v) is 5.66. The minimum absolute atomic E-state index is 0.0810. The molecular formula is C36H34F3N3O7S. The van der Waals surface area contributed by atoms with Crippen molar-refractivity contribution >= 4 is 26.8 Å². The van der Waals surface area contributed by atoms with E-state index in [1.165, 1.54) is 18.3 Å². The molecule has 0 unspecified atom stereocenters. The van der Waals surface area contributed by atoms with E-state index in [9.17, 15) is 36.6 Å². The number of rotatable bonds is 15. The van der Waals surface area contributed by atoms with Crippen LogP contribution in [0.2, 0.25) is 0 Å². The second-order valence-corrected chi connectivity index (χ2v) is 13.1. The molecule has 4 aromatic carbocycles. The van der Waals surface area contributed by atoms with Crippen molar-refractivity contribution in [2.45, 2.75) is 30.6 Å². The van der Waals surface area contributed by atoms with Crippen molar-refractivity contribution in [3.63, 3.8) is 0 Å². The number of para-hydroxylation sites is 1. The van der Waals surface area contributed by atoms with Gasteiger partial charge in [0.25, 0.3) is 5.91 Å². The number of sulfonamides is 1. The van der Waals surface area contributed by atoms with Gasteiger partial charge in [-0.3, -0.25) is 14.7 Å². The van der Waals surface area contributed by atoms with Crippen LogP contribution in [0, 0.1) is 0 Å². The molecule has 10 nitrogen and oxygen atoms in total. The van der Waals surface area contributed by atoms with Crippen LogP contribution in [0.1, 0.15) is 21.5 Å². The summed E-state index contributed by atoms with van der Waals surface area (Å²) in [5.41, 5.74) is -3.87. The minimum atomic E-state index is -5.87. The van der Waals surface area contributed by atoms with Crippen molar-refractivity contribution in [1.29, 1.82) is 0 Å². The first-order valence-electron chi connectivity index (χ1n) is 15.5. The first-order valence-corrected chi connectivity index (χ1v) is 16.9. The molecule has 1 aromatic heterocycles. The van der Waals surface area contributed by atoms with Crippen molar-refractivity contribution in [3.8, 4) is 17.2 Å². The zero-order valence-corrected chi connectivity index (χ0v) is 27.3. The van der Waals surface area contributed by atoms with Crippen LogP contribution in [-0.4, -0.2) is 71.8 Å². The predicted octanol–water partition coefficient (Wildman–Crippen LogP) is 5.45. The molecule has 1 amide bonds. The average Bonchev–Trinajstić information content (AvgIpc) is 3.10. The summed E-state index contributed by atoms with van der Waals surface area (Å²) < 4.78 is 73.6. The van der Waals surface area contributed by atoms with E-state index in [4.69, 9.17) is 9.47 Å². The van der Waals surface area contributed by atoms with Crippen LogP contribution in [0.15, 0.2) is 115 Å². The third kappa shape index (κ3) is 9.57. The molecule has 0 aliphatic carbocycles. The van der Waals surface area contributed by atoms with E-state index >= 15 is 0 Å². The maximum Gasteiger partial charge on any atom is 0.516 e. The number of hydrogen-bond donors (Lipinski definition) is 3. The third-order valence-corrected chi connectivity index (χ3v) is 8.77. The zero-order chi connectivity index (χ0) is 35.7. The van der Waals surface area contributed by atoms with Gasteiger partial charge in [0.15, 0.2) is 0 Å². The lowest BCUT2D eigenvalue weighted by Gasteiger charge is -2.32. The summed E-state index contributed by atoms with van der Waals surface area (Å²) in [6, 6.07) is 31.1. The Morgan fingerprint density at radius 2 is 1.56 bits per heavy atom. The van der Waals surface area contributed by atoms with Crippen molar-refractivity contribution in [2.75, 3.05) is 19.8 Å². The number of nitrogens with one attached hydrogen (secondary N) is 1. The Hall–Kier alpha value is -5.02. The van der Waals surface area contributed by atoms with Gasteiger partial charge in [-0.25, -0.2) is 4.72 Å². The molecule has 0 saturated heterocycles. The molecule has 5 rings (SSSR count). The third-order valence-electron chi connectivity index (χ3n) is 7.71. The number of amides is 1. The summed E-state index contributed by atoms with van der Waals surface area (Å²) in [6.45, 7) is 0.664. The lowest BCUT2D eigenvalue weighted by Crippen LogP contribution is -2.44. The highest BCUT2D eigenvalue weighted by Crippen LogP contribution is 2.30. The van der Waals surface area contributed by atoms with Gasteiger partial charge < -0.3 is 19.7 Å². The summed E-state index contributed by atoms with van der Waals surface area (Å²) >= 11 is 0. The molecule has 50 heavy (non-hydrogen) atoms. The molecule has 262 valence electrons. The Morgan fingerprint density at radius 3 is 2.22 bits per heavy atom. The largest absolute Gasteiger partial charge is 0.516 e. The summed E-state index contributed by atoms with van der Waals surface area (Å²) in [6.07, 6.45) is 1.02. The molecule has 3 N–H and O–H groups in total. The Kier molecular flexibility index (Phi) is 11.7. The Balaban J connectivity index is 1.26. The number of aromatic nitrogens is 1. The number of carbonyl (C=O) groups is 1. The van der Waals surface area contributed by atoms with Gasteiger partial charge in [0.05, 0.1) is 12.1 Å². The van der Waals surface area contributed by atoms with Crippen LogP contribution in [-0.2, 0) is 23.0 Å². The number of carbonyl (C=O) groups excluding carboxylic acids is 1. The van der Waals surface area contributed by atoms with Gasteiger partial charge in [-0.2, -0.15) is 21.6 Å². The number of halogens is 3. The highest BCUT2D eigenvalue weighted by molar-refractivity contribution is 7.90. The molecule has 1 heterocycles. The average molecular weight is 710 g/mol. The van der Waals surface area contributed by atoms with Crippen LogP contribution < -0.4 is 14.2 Å². The van der Waals surface area contributed by atoms with Crippen molar-refractivity contribution in [3.05, 3.63) is 132 Å². The van der Waals surface area contributed by atoms with Gasteiger partial charge in [0.1, 0.15) is 30.0 Å². The Morgan fingerprint density at radius 1 is 0.880 bits per heavy atom. The lowest BCUT2D eigenvalue weighted by molar-refractivity contribution is -0.0446. The molecule has 0 bridgehead atoms. The minimum Gasteiger partial charge on any atom is -0.491 e. The van der Waals surface area contributed by atoms with Crippen molar-refractivity contribution < 1.29 is 46.1 Å². The van der Waals surface area contributed by atoms with Crippen LogP contribution >= 0.6 is 0 Å². The standard InChI is InChI=1S/C36H34F3N3O7S/c37-36(38,39)50(46,47)41-35(45)27-13-16-32-33(20-27)40-18-17-34(32)49-31-14-11-25(12-15-31)19-28(23-43)42(21-26-7-3-1-4-8-26)22-29(44)24-48-30-9-5-2-6-10-30/h1-18,20,28-29,43-44H,19,21-24H2,(H,41,45)/t28-,29-/m0/s1. The zero-order valence-electron chi connectivity index (χ0n) is 26.5. The number of aliphatic hydroxyl groups is 2. The second-order valence-electron chi connectivity index (χ2n) is 11.4. The quantitative estimate of drug-likeness (QED) is 0.130. The highest BCUT2D eigenvalue weighted by atomic mass is 32.2. The molecule has 0 saturated carbocycles. The van der Waals surface area contributed by atoms with E-state index < -0.39 is 27.5 Å². The smallest absolute Gasteiger partial charge is 0.491 e. The van der Waals surface area contributed by atoms with Crippen LogP contribution in [0.25, 0.3) is 10.9 Å². The van der Waals surface area contributed by atoms with Gasteiger partial charge in [0, 0.05) is 36.3 Å². The molecule has 5 aromatic rings. The fourth-order valence-electron chi connectivity index (χ4n) is 5.19. The topological polar surface area (TPSA) is 138 Å². The lowest BCUT2D eigenvalue weighted by atomic mass is 10.0. The number of nitrogens with zero attached hydrogens (tertiary/aromatic N) is 2. The SMILES string of the molecule is O=C(NS(=O)(=O)C(F)(F)F)c1ccc2c(Oc3ccc(C[C@@H](CO)N(Cc4ccccc4)C[C@H](O)COc4ccccc4)cc3)ccnc2c1. The molecule has 0 aliphatic rings. The van der Waals surface area contributed by atoms with Crippen LogP contribution in [0.4, 0.5) is 13.2 Å². The van der Waals surface area contributed by atoms with Crippen LogP contribution in [0.5, 0.6) is 17.2 Å². The Labute approximate surface area is 286 Å². The van der Waals surface area contributed by atoms with E-state index in [0.717, 1.165) is 21.9 Å². The van der Waals surface area contributed by atoms with E-state index in [2.05, 4.69) is 4.98 Å². The Bertz CT molecular complexity index is 1980. The molecule has 0 spiro atoms. The molecule has 0 radical (unpaired) electrons. The molecule has 0 fully saturated rings. The number of alkyl halides is 3. The van der Waals surface area contributed by atoms with E-state index in [-0.39, 0.29) is 36.9 Å². The van der Waals surface area contributed by atoms with E-state index in [0.29, 0.717) is 35.6 Å². The molecule has 0 aliphatic heterocycles. The summed E-state index contributed by atoms with van der Waals surface area (Å²) in [7, 11) is -5.87. The summed E-state index contributed by atoms with van der Waals surface area (Å²) in [5, 5.41) is 21.8. The predicted molar refractivity (Wildman–Crippen MR) is 180 cm³/mol. The molecule has 14 heteroatoms. The summed E-state index contributed by atoms with van der Waals surface area (Å²) in [4.78, 5) is 18.4. The number of fused-ring (bicyclic) bond motifs is 1. The number of aliphatic hydroxyl groups excluding tert-OH is 2. The van der Waals surface area contributed by atoms with Gasteiger partial charge >= 0.3 is 15.5 Å². The number of benzene rings is 4. The van der Waals surface area contributed by atoms with Gasteiger partial charge in [-0.1, -0.05) is 60.7 Å². The number of hydrogen-bond acceptors (Lipinski definition) is 9. The van der Waals surface area contributed by atoms with Gasteiger partial charge in [-0.05, 0) is 66.1 Å². The molecular weight excluding hydrogens is 675 g/mol. The maximum atomic E-state index is 12.7. The van der Waals surface area contributed by atoms with Crippen molar-refractivity contribution in [1.82, 2.24) is 14.6 Å². The summed E-state index contributed by atoms with van der Waals surface area (Å²) in [5.74, 6) is -0.0100. The highest BCUT2D eigenvalue weighted by Gasteiger charge is 2.47. The van der Waals surface area contributed by atoms with Gasteiger partial charge in [0.2, 0.25) is 0 Å². The fraction of sp³-hybridized carbons (Fsp3) is 0.222. The van der Waals surface area contributed by atoms with E-state index in [1.807, 2.05) is 77.7 Å². The van der Waals surface area contributed by atoms with Crippen LogP contribution in [0.3, 0.4) is 0 Å².